The third-order valence-electron chi connectivity index (χ3n) is 2.17. The van der Waals surface area contributed by atoms with Crippen molar-refractivity contribution in [1.82, 2.24) is 0 Å². The molecule has 0 bridgehead atoms. The molecule has 2 rings (SSSR count). The molecule has 82 valence electrons. The molecule has 0 aliphatic carbocycles. The normalized spacial score (nSPS) is 10.5. The van der Waals surface area contributed by atoms with Gasteiger partial charge in [0.05, 0.1) is 4.47 Å². The molecule has 0 unspecified atom stereocenters. The first-order valence-electron chi connectivity index (χ1n) is 4.49. The Hall–Kier alpha value is -1.29. The van der Waals surface area contributed by atoms with Gasteiger partial charge >= 0.3 is 0 Å². The highest BCUT2D eigenvalue weighted by atomic mass is 79.9. The van der Waals surface area contributed by atoms with Gasteiger partial charge in [-0.05, 0) is 39.7 Å². The standard InChI is InChI=1S/C12H6BrF3/c13-12-10(15)5-7(6-11(12)16)8-3-1-2-4-9(8)14/h1-6H. The van der Waals surface area contributed by atoms with Crippen molar-refractivity contribution in [2.45, 2.75) is 0 Å². The number of hydrogen-bond donors (Lipinski definition) is 0. The molecule has 0 aliphatic heterocycles. The van der Waals surface area contributed by atoms with E-state index in [9.17, 15) is 13.2 Å². The van der Waals surface area contributed by atoms with Gasteiger partial charge in [-0.25, -0.2) is 13.2 Å². The Morgan fingerprint density at radius 2 is 1.38 bits per heavy atom. The topological polar surface area (TPSA) is 0 Å². The van der Waals surface area contributed by atoms with E-state index in [4.69, 9.17) is 0 Å². The molecule has 0 radical (unpaired) electrons. The molecule has 4 heteroatoms. The Morgan fingerprint density at radius 1 is 0.812 bits per heavy atom. The molecule has 16 heavy (non-hydrogen) atoms. The average molecular weight is 287 g/mol. The van der Waals surface area contributed by atoms with Gasteiger partial charge in [0.2, 0.25) is 0 Å². The number of benzene rings is 2. The summed E-state index contributed by atoms with van der Waals surface area (Å²) in [6.45, 7) is 0. The van der Waals surface area contributed by atoms with E-state index >= 15 is 0 Å². The highest BCUT2D eigenvalue weighted by molar-refractivity contribution is 9.10. The Bertz CT molecular complexity index is 515. The number of hydrogen-bond acceptors (Lipinski definition) is 0. The molecule has 0 amide bonds. The van der Waals surface area contributed by atoms with Crippen LogP contribution in [0.25, 0.3) is 11.1 Å². The maximum absolute atomic E-state index is 13.4. The van der Waals surface area contributed by atoms with E-state index in [1.54, 1.807) is 6.07 Å². The molecule has 0 heterocycles. The van der Waals surface area contributed by atoms with Crippen molar-refractivity contribution in [2.75, 3.05) is 0 Å². The lowest BCUT2D eigenvalue weighted by Crippen LogP contribution is -1.89. The second kappa shape index (κ2) is 4.29. The summed E-state index contributed by atoms with van der Waals surface area (Å²) in [5.74, 6) is -2.01. The molecule has 0 atom stereocenters. The molecule has 0 saturated heterocycles. The van der Waals surface area contributed by atoms with Crippen LogP contribution >= 0.6 is 15.9 Å². The lowest BCUT2D eigenvalue weighted by atomic mass is 10.1. The van der Waals surface area contributed by atoms with Crippen molar-refractivity contribution >= 4 is 15.9 Å². The van der Waals surface area contributed by atoms with Crippen molar-refractivity contribution in [3.63, 3.8) is 0 Å². The van der Waals surface area contributed by atoms with Gasteiger partial charge in [0.25, 0.3) is 0 Å². The Morgan fingerprint density at radius 3 is 1.94 bits per heavy atom. The second-order valence-electron chi connectivity index (χ2n) is 3.23. The highest BCUT2D eigenvalue weighted by Gasteiger charge is 2.11. The number of rotatable bonds is 1. The average Bonchev–Trinajstić information content (AvgIpc) is 2.26. The van der Waals surface area contributed by atoms with Crippen molar-refractivity contribution < 1.29 is 13.2 Å². The van der Waals surface area contributed by atoms with Gasteiger partial charge in [0.15, 0.2) is 0 Å². The van der Waals surface area contributed by atoms with E-state index in [0.29, 0.717) is 0 Å². The van der Waals surface area contributed by atoms with Crippen molar-refractivity contribution in [2.24, 2.45) is 0 Å². The summed E-state index contributed by atoms with van der Waals surface area (Å²) in [6, 6.07) is 8.02. The van der Waals surface area contributed by atoms with E-state index in [0.717, 1.165) is 12.1 Å². The van der Waals surface area contributed by atoms with Crippen LogP contribution in [0, 0.1) is 17.5 Å². The molecule has 0 nitrogen and oxygen atoms in total. The smallest absolute Gasteiger partial charge is 0.140 e. The summed E-state index contributed by atoms with van der Waals surface area (Å²) in [5.41, 5.74) is 0.351. The Kier molecular flexibility index (Phi) is 3.01. The molecule has 0 N–H and O–H groups in total. The van der Waals surface area contributed by atoms with Gasteiger partial charge < -0.3 is 0 Å². The summed E-state index contributed by atoms with van der Waals surface area (Å²) >= 11 is 2.76. The van der Waals surface area contributed by atoms with Gasteiger partial charge in [-0.15, -0.1) is 0 Å². The predicted molar refractivity (Wildman–Crippen MR) is 59.5 cm³/mol. The van der Waals surface area contributed by atoms with E-state index < -0.39 is 17.5 Å². The third kappa shape index (κ3) is 1.97. The summed E-state index contributed by atoms with van der Waals surface area (Å²) in [6.07, 6.45) is 0. The molecule has 0 aromatic heterocycles. The molecule has 0 saturated carbocycles. The van der Waals surface area contributed by atoms with E-state index in [1.165, 1.54) is 18.2 Å². The van der Waals surface area contributed by atoms with Crippen molar-refractivity contribution in [3.8, 4) is 11.1 Å². The minimum atomic E-state index is -0.752. The van der Waals surface area contributed by atoms with Gasteiger partial charge in [-0.3, -0.25) is 0 Å². The Labute approximate surface area is 98.9 Å². The van der Waals surface area contributed by atoms with Crippen LogP contribution in [0.5, 0.6) is 0 Å². The fraction of sp³-hybridized carbons (Fsp3) is 0. The van der Waals surface area contributed by atoms with Crippen molar-refractivity contribution in [1.29, 1.82) is 0 Å². The Balaban J connectivity index is 2.62. The zero-order chi connectivity index (χ0) is 11.7. The minimum Gasteiger partial charge on any atom is -0.206 e. The molecule has 0 spiro atoms. The SMILES string of the molecule is Fc1ccccc1-c1cc(F)c(Br)c(F)c1. The second-order valence-corrected chi connectivity index (χ2v) is 4.03. The third-order valence-corrected chi connectivity index (χ3v) is 2.93. The largest absolute Gasteiger partial charge is 0.206 e. The van der Waals surface area contributed by atoms with Crippen LogP contribution in [-0.2, 0) is 0 Å². The van der Waals surface area contributed by atoms with Gasteiger partial charge in [-0.2, -0.15) is 0 Å². The zero-order valence-corrected chi connectivity index (χ0v) is 9.56. The maximum atomic E-state index is 13.4. The maximum Gasteiger partial charge on any atom is 0.140 e. The summed E-state index contributed by atoms with van der Waals surface area (Å²) < 4.78 is 39.6. The van der Waals surface area contributed by atoms with Crippen LogP contribution < -0.4 is 0 Å². The molecule has 2 aromatic rings. The van der Waals surface area contributed by atoms with Crippen LogP contribution in [0.3, 0.4) is 0 Å². The first-order chi connectivity index (χ1) is 7.59. The van der Waals surface area contributed by atoms with Crippen molar-refractivity contribution in [3.05, 3.63) is 58.3 Å². The fourth-order valence-corrected chi connectivity index (χ4v) is 1.64. The number of halogens is 4. The van der Waals surface area contributed by atoms with Gasteiger partial charge in [-0.1, -0.05) is 18.2 Å². The minimum absolute atomic E-state index is 0.174. The fourth-order valence-electron chi connectivity index (χ4n) is 1.41. The monoisotopic (exact) mass is 286 g/mol. The van der Waals surface area contributed by atoms with E-state index in [-0.39, 0.29) is 15.6 Å². The molecule has 0 aliphatic rings. The molecule has 0 fully saturated rings. The molecule has 2 aromatic carbocycles. The van der Waals surface area contributed by atoms with Gasteiger partial charge in [0.1, 0.15) is 17.5 Å². The molecular formula is C12H6BrF3. The summed E-state index contributed by atoms with van der Waals surface area (Å²) in [4.78, 5) is 0. The molecular weight excluding hydrogens is 281 g/mol. The lowest BCUT2D eigenvalue weighted by Gasteiger charge is -2.05. The first-order valence-corrected chi connectivity index (χ1v) is 5.28. The summed E-state index contributed by atoms with van der Waals surface area (Å²) in [5, 5.41) is 0. The van der Waals surface area contributed by atoms with Crippen LogP contribution in [0.15, 0.2) is 40.9 Å². The predicted octanol–water partition coefficient (Wildman–Crippen LogP) is 4.53. The van der Waals surface area contributed by atoms with Crippen LogP contribution in [0.1, 0.15) is 0 Å². The van der Waals surface area contributed by atoms with Crippen LogP contribution in [-0.4, -0.2) is 0 Å². The van der Waals surface area contributed by atoms with E-state index in [1.807, 2.05) is 0 Å². The highest BCUT2D eigenvalue weighted by Crippen LogP contribution is 2.28. The van der Waals surface area contributed by atoms with Gasteiger partial charge in [0, 0.05) is 5.56 Å². The van der Waals surface area contributed by atoms with E-state index in [2.05, 4.69) is 15.9 Å². The lowest BCUT2D eigenvalue weighted by molar-refractivity contribution is 0.572. The first kappa shape index (κ1) is 11.2. The summed E-state index contributed by atoms with van der Waals surface area (Å²) in [7, 11) is 0. The quantitative estimate of drug-likeness (QED) is 0.676. The van der Waals surface area contributed by atoms with Crippen LogP contribution in [0.4, 0.5) is 13.2 Å². The zero-order valence-electron chi connectivity index (χ0n) is 7.98. The van der Waals surface area contributed by atoms with Crippen LogP contribution in [0.2, 0.25) is 0 Å².